The van der Waals surface area contributed by atoms with Gasteiger partial charge in [-0.15, -0.1) is 11.3 Å². The topological polar surface area (TPSA) is 128 Å². The Labute approximate surface area is 245 Å². The minimum atomic E-state index is -0.448. The lowest BCUT2D eigenvalue weighted by atomic mass is 10.2. The number of nitrogens with zero attached hydrogens (tertiary/aromatic N) is 3. The van der Waals surface area contributed by atoms with E-state index >= 15 is 0 Å². The van der Waals surface area contributed by atoms with E-state index in [0.29, 0.717) is 22.6 Å². The van der Waals surface area contributed by atoms with Crippen molar-refractivity contribution in [2.45, 2.75) is 6.61 Å². The molecule has 2 N–H and O–H groups in total. The Hall–Kier alpha value is -5.55. The van der Waals surface area contributed by atoms with Gasteiger partial charge in [-0.2, -0.15) is 5.10 Å². The first-order chi connectivity index (χ1) is 20.5. The highest BCUT2D eigenvalue weighted by atomic mass is 32.1. The molecule has 11 heteroatoms. The predicted molar refractivity (Wildman–Crippen MR) is 163 cm³/mol. The monoisotopic (exact) mass is 579 g/mol. The molecular formula is C31H25N5O5S. The Morgan fingerprint density at radius 1 is 1.00 bits per heavy atom. The maximum Gasteiger partial charge on any atom is 0.271 e. The van der Waals surface area contributed by atoms with Gasteiger partial charge < -0.3 is 14.8 Å². The zero-order valence-electron chi connectivity index (χ0n) is 22.4. The minimum absolute atomic E-state index is 0.0191. The Kier molecular flexibility index (Phi) is 8.80. The summed E-state index contributed by atoms with van der Waals surface area (Å²) in [6, 6.07) is 28.3. The van der Waals surface area contributed by atoms with Gasteiger partial charge in [-0.25, -0.2) is 10.4 Å². The normalized spacial score (nSPS) is 10.8. The minimum Gasteiger partial charge on any atom is -0.493 e. The van der Waals surface area contributed by atoms with Crippen LogP contribution >= 0.6 is 11.3 Å². The predicted octanol–water partition coefficient (Wildman–Crippen LogP) is 6.81. The van der Waals surface area contributed by atoms with Crippen LogP contribution in [0.4, 0.5) is 16.5 Å². The third kappa shape index (κ3) is 7.14. The lowest BCUT2D eigenvalue weighted by Gasteiger charge is -2.11. The molecule has 42 heavy (non-hydrogen) atoms. The first-order valence-corrected chi connectivity index (χ1v) is 13.6. The highest BCUT2D eigenvalue weighted by Gasteiger charge is 2.09. The second-order valence-corrected chi connectivity index (χ2v) is 9.79. The van der Waals surface area contributed by atoms with Gasteiger partial charge >= 0.3 is 0 Å². The van der Waals surface area contributed by atoms with Crippen molar-refractivity contribution in [2.24, 2.45) is 5.10 Å². The number of hydrogen-bond acceptors (Lipinski definition) is 9. The summed E-state index contributed by atoms with van der Waals surface area (Å²) in [7, 11) is 1.52. The number of methoxy groups -OCH3 is 1. The van der Waals surface area contributed by atoms with Crippen LogP contribution < -0.4 is 20.2 Å². The van der Waals surface area contributed by atoms with Crippen molar-refractivity contribution in [1.82, 2.24) is 10.4 Å². The summed E-state index contributed by atoms with van der Waals surface area (Å²) in [5.41, 5.74) is 7.23. The molecule has 0 unspecified atom stereocenters. The van der Waals surface area contributed by atoms with Crippen LogP contribution in [-0.4, -0.2) is 29.1 Å². The zero-order valence-corrected chi connectivity index (χ0v) is 23.2. The van der Waals surface area contributed by atoms with Crippen LogP contribution in [0.5, 0.6) is 11.5 Å². The number of nitrogens with one attached hydrogen (secondary N) is 2. The molecule has 4 aromatic carbocycles. The molecule has 1 amide bonds. The maximum absolute atomic E-state index is 12.6. The fourth-order valence-corrected chi connectivity index (χ4v) is 4.63. The van der Waals surface area contributed by atoms with Gasteiger partial charge in [0.1, 0.15) is 6.61 Å². The third-order valence-electron chi connectivity index (χ3n) is 6.08. The van der Waals surface area contributed by atoms with Gasteiger partial charge in [0.2, 0.25) is 0 Å². The molecule has 210 valence electrons. The molecule has 0 bridgehead atoms. The average Bonchev–Trinajstić information content (AvgIpc) is 3.49. The largest absolute Gasteiger partial charge is 0.493 e. The molecule has 0 radical (unpaired) electrons. The summed E-state index contributed by atoms with van der Waals surface area (Å²) >= 11 is 1.51. The lowest BCUT2D eigenvalue weighted by Crippen LogP contribution is -2.17. The Bertz CT molecular complexity index is 1700. The molecule has 0 aliphatic heterocycles. The number of aromatic nitrogens is 1. The van der Waals surface area contributed by atoms with Crippen molar-refractivity contribution in [3.05, 3.63) is 129 Å². The van der Waals surface area contributed by atoms with E-state index in [1.165, 1.54) is 36.8 Å². The summed E-state index contributed by atoms with van der Waals surface area (Å²) in [5, 5.41) is 20.9. The summed E-state index contributed by atoms with van der Waals surface area (Å²) < 4.78 is 11.2. The number of nitro groups is 1. The number of benzene rings is 4. The molecule has 0 aliphatic rings. The standard InChI is InChI=1S/C31H25N5O5S/c1-40-29-17-22(9-16-28(29)41-19-21-7-14-26(15-8-21)36(38)39)18-32-35-30(37)24-10-12-25(13-11-24)33-31-34-27(20-42-31)23-5-3-2-4-6-23/h2-18,20H,19H2,1H3,(H,33,34)(H,35,37)/b32-18+. The van der Waals surface area contributed by atoms with Crippen molar-refractivity contribution in [3.63, 3.8) is 0 Å². The molecule has 0 spiro atoms. The molecule has 10 nitrogen and oxygen atoms in total. The smallest absolute Gasteiger partial charge is 0.271 e. The fourth-order valence-electron chi connectivity index (χ4n) is 3.89. The number of hydrazone groups is 1. The van der Waals surface area contributed by atoms with E-state index in [2.05, 4.69) is 20.8 Å². The number of nitro benzene ring substituents is 1. The van der Waals surface area contributed by atoms with E-state index in [-0.39, 0.29) is 18.2 Å². The first-order valence-electron chi connectivity index (χ1n) is 12.7. The van der Waals surface area contributed by atoms with Gasteiger partial charge in [-0.3, -0.25) is 14.9 Å². The molecular weight excluding hydrogens is 554 g/mol. The highest BCUT2D eigenvalue weighted by molar-refractivity contribution is 7.14. The molecule has 0 aliphatic carbocycles. The van der Waals surface area contributed by atoms with Crippen LogP contribution in [0.25, 0.3) is 11.3 Å². The fraction of sp³-hybridized carbons (Fsp3) is 0.0645. The quantitative estimate of drug-likeness (QED) is 0.0999. The molecule has 5 rings (SSSR count). The van der Waals surface area contributed by atoms with E-state index in [1.54, 1.807) is 42.5 Å². The number of carbonyl (C=O) groups is 1. The SMILES string of the molecule is COc1cc(/C=N/NC(=O)c2ccc(Nc3nc(-c4ccccc4)cs3)cc2)ccc1OCc1ccc([N+](=O)[O-])cc1. The number of amides is 1. The number of anilines is 2. The Balaban J connectivity index is 1.14. The summed E-state index contributed by atoms with van der Waals surface area (Å²) in [4.78, 5) is 27.6. The van der Waals surface area contributed by atoms with Crippen molar-refractivity contribution in [1.29, 1.82) is 0 Å². The van der Waals surface area contributed by atoms with Crippen LogP contribution in [0.3, 0.4) is 0 Å². The molecule has 0 saturated heterocycles. The second-order valence-electron chi connectivity index (χ2n) is 8.93. The maximum atomic E-state index is 12.6. The van der Waals surface area contributed by atoms with E-state index in [9.17, 15) is 14.9 Å². The van der Waals surface area contributed by atoms with Gasteiger partial charge in [-0.05, 0) is 65.7 Å². The van der Waals surface area contributed by atoms with Crippen LogP contribution in [0, 0.1) is 10.1 Å². The highest BCUT2D eigenvalue weighted by Crippen LogP contribution is 2.29. The van der Waals surface area contributed by atoms with Gasteiger partial charge in [0.15, 0.2) is 16.6 Å². The number of ether oxygens (including phenoxy) is 2. The van der Waals surface area contributed by atoms with Gasteiger partial charge in [0.05, 0.1) is 23.9 Å². The Morgan fingerprint density at radius 2 is 1.76 bits per heavy atom. The van der Waals surface area contributed by atoms with E-state index in [1.807, 2.05) is 47.8 Å². The molecule has 1 heterocycles. The number of thiazole rings is 1. The summed E-state index contributed by atoms with van der Waals surface area (Å²) in [6.45, 7) is 0.213. The van der Waals surface area contributed by atoms with E-state index in [4.69, 9.17) is 9.47 Å². The van der Waals surface area contributed by atoms with Crippen LogP contribution in [0.2, 0.25) is 0 Å². The third-order valence-corrected chi connectivity index (χ3v) is 6.84. The summed E-state index contributed by atoms with van der Waals surface area (Å²) in [5.74, 6) is 0.625. The summed E-state index contributed by atoms with van der Waals surface area (Å²) in [6.07, 6.45) is 1.50. The van der Waals surface area contributed by atoms with Gasteiger partial charge in [0.25, 0.3) is 11.6 Å². The zero-order chi connectivity index (χ0) is 29.3. The van der Waals surface area contributed by atoms with Crippen molar-refractivity contribution in [2.75, 3.05) is 12.4 Å². The molecule has 0 saturated carbocycles. The van der Waals surface area contributed by atoms with E-state index in [0.717, 1.165) is 27.6 Å². The van der Waals surface area contributed by atoms with Gasteiger partial charge in [-0.1, -0.05) is 30.3 Å². The lowest BCUT2D eigenvalue weighted by molar-refractivity contribution is -0.384. The van der Waals surface area contributed by atoms with Crippen molar-refractivity contribution >= 4 is 40.0 Å². The number of non-ortho nitro benzene ring substituents is 1. The molecule has 1 aromatic heterocycles. The van der Waals surface area contributed by atoms with Gasteiger partial charge in [0, 0.05) is 34.3 Å². The number of carbonyl (C=O) groups excluding carboxylic acids is 1. The molecule has 0 atom stereocenters. The van der Waals surface area contributed by atoms with Crippen molar-refractivity contribution < 1.29 is 19.2 Å². The molecule has 0 fully saturated rings. The Morgan fingerprint density at radius 3 is 2.48 bits per heavy atom. The van der Waals surface area contributed by atoms with E-state index < -0.39 is 4.92 Å². The molecule has 5 aromatic rings. The first kappa shape index (κ1) is 28.0. The number of hydrogen-bond donors (Lipinski definition) is 2. The average molecular weight is 580 g/mol. The second kappa shape index (κ2) is 13.2. The van der Waals surface area contributed by atoms with Crippen LogP contribution in [0.15, 0.2) is 108 Å². The van der Waals surface area contributed by atoms with Crippen molar-refractivity contribution in [3.8, 4) is 22.8 Å². The van der Waals surface area contributed by atoms with Crippen LogP contribution in [-0.2, 0) is 6.61 Å². The number of rotatable bonds is 11. The van der Waals surface area contributed by atoms with Crippen LogP contribution in [0.1, 0.15) is 21.5 Å².